The van der Waals surface area contributed by atoms with Crippen LogP contribution in [0.5, 0.6) is 0 Å². The van der Waals surface area contributed by atoms with E-state index in [0.29, 0.717) is 23.9 Å². The van der Waals surface area contributed by atoms with E-state index in [0.717, 1.165) is 44.4 Å². The highest BCUT2D eigenvalue weighted by atomic mass is 32.1. The molecule has 0 saturated heterocycles. The van der Waals surface area contributed by atoms with Crippen LogP contribution in [0.3, 0.4) is 0 Å². The molecule has 0 aliphatic heterocycles. The molecule has 288 valence electrons. The summed E-state index contributed by atoms with van der Waals surface area (Å²) in [5, 5.41) is 6.15. The summed E-state index contributed by atoms with van der Waals surface area (Å²) in [6, 6.07) is 62.1. The maximum absolute atomic E-state index is 5.47. The molecule has 7 aromatic carbocycles. The van der Waals surface area contributed by atoms with Gasteiger partial charge in [0.1, 0.15) is 0 Å². The van der Waals surface area contributed by atoms with Gasteiger partial charge in [-0.25, -0.2) is 19.9 Å². The first-order valence-corrected chi connectivity index (χ1v) is 21.5. The lowest BCUT2D eigenvalue weighted by Crippen LogP contribution is -2.29. The molecule has 0 saturated carbocycles. The fraction of sp³-hybridized carbons (Fsp3) is 0.0545. The summed E-state index contributed by atoms with van der Waals surface area (Å²) in [4.78, 5) is 21.1. The molecule has 61 heavy (non-hydrogen) atoms. The second-order valence-electron chi connectivity index (χ2n) is 16.1. The zero-order valence-corrected chi connectivity index (χ0v) is 34.1. The molecular weight excluding hydrogens is 763 g/mol. The summed E-state index contributed by atoms with van der Waals surface area (Å²) < 4.78 is 4.90. The van der Waals surface area contributed by atoms with Gasteiger partial charge in [0.15, 0.2) is 17.5 Å². The molecule has 6 heteroatoms. The first kappa shape index (κ1) is 35.4. The zero-order chi connectivity index (χ0) is 40.5. The minimum atomic E-state index is -0.371. The topological polar surface area (TPSA) is 56.5 Å². The van der Waals surface area contributed by atoms with Crippen LogP contribution in [0.25, 0.3) is 104 Å². The fourth-order valence-corrected chi connectivity index (χ4v) is 10.5. The van der Waals surface area contributed by atoms with E-state index in [2.05, 4.69) is 187 Å². The molecule has 0 amide bonds. The maximum atomic E-state index is 5.47. The second-order valence-corrected chi connectivity index (χ2v) is 17.1. The number of nitrogens with zero attached hydrogens (tertiary/aromatic N) is 5. The van der Waals surface area contributed by atoms with Crippen molar-refractivity contribution in [1.82, 2.24) is 24.5 Å². The van der Waals surface area contributed by atoms with Crippen molar-refractivity contribution in [1.29, 1.82) is 0 Å². The lowest BCUT2D eigenvalue weighted by Gasteiger charge is -2.33. The Morgan fingerprint density at radius 3 is 1.85 bits per heavy atom. The predicted octanol–water partition coefficient (Wildman–Crippen LogP) is 14.3. The van der Waals surface area contributed by atoms with E-state index in [1.54, 1.807) is 11.3 Å². The number of aromatic nitrogens is 5. The van der Waals surface area contributed by atoms with Crippen molar-refractivity contribution >= 4 is 69.8 Å². The minimum Gasteiger partial charge on any atom is -0.331 e. The third-order valence-corrected chi connectivity index (χ3v) is 13.3. The summed E-state index contributed by atoms with van der Waals surface area (Å²) in [5.74, 6) is 1.94. The van der Waals surface area contributed by atoms with E-state index >= 15 is 0 Å². The Morgan fingerprint density at radius 1 is 0.492 bits per heavy atom. The lowest BCUT2D eigenvalue weighted by atomic mass is 9.87. The molecule has 12 rings (SSSR count). The molecule has 0 radical (unpaired) electrons. The number of thiophene rings is 1. The van der Waals surface area contributed by atoms with Gasteiger partial charge < -0.3 is 4.57 Å². The lowest BCUT2D eigenvalue weighted by molar-refractivity contribution is 0.443. The summed E-state index contributed by atoms with van der Waals surface area (Å²) in [5.41, 5.74) is 10.2. The van der Waals surface area contributed by atoms with Crippen molar-refractivity contribution in [3.05, 3.63) is 200 Å². The molecule has 4 heterocycles. The Morgan fingerprint density at radius 2 is 1.10 bits per heavy atom. The van der Waals surface area contributed by atoms with Gasteiger partial charge in [0.05, 0.1) is 21.4 Å². The highest BCUT2D eigenvalue weighted by molar-refractivity contribution is 7.26. The van der Waals surface area contributed by atoms with Crippen molar-refractivity contribution in [3.63, 3.8) is 0 Å². The first-order valence-electron chi connectivity index (χ1n) is 20.7. The van der Waals surface area contributed by atoms with Gasteiger partial charge in [0.25, 0.3) is 0 Å². The number of pyridine rings is 1. The number of hydrogen-bond donors (Lipinski definition) is 0. The van der Waals surface area contributed by atoms with Gasteiger partial charge in [-0.05, 0) is 54.0 Å². The van der Waals surface area contributed by atoms with Gasteiger partial charge in [-0.2, -0.15) is 0 Å². The minimum absolute atomic E-state index is 0.371. The molecular formula is C55H37N5S. The van der Waals surface area contributed by atoms with Crippen LogP contribution < -0.4 is 0 Å². The van der Waals surface area contributed by atoms with Crippen molar-refractivity contribution in [2.75, 3.05) is 0 Å². The molecule has 0 fully saturated rings. The highest BCUT2D eigenvalue weighted by Gasteiger charge is 2.32. The zero-order valence-electron chi connectivity index (χ0n) is 33.3. The largest absolute Gasteiger partial charge is 0.331 e. The Bertz CT molecular complexity index is 3530. The van der Waals surface area contributed by atoms with Gasteiger partial charge >= 0.3 is 0 Å². The third-order valence-electron chi connectivity index (χ3n) is 12.2. The molecule has 0 bridgehead atoms. The quantitative estimate of drug-likeness (QED) is 0.168. The van der Waals surface area contributed by atoms with Crippen LogP contribution in [-0.4, -0.2) is 24.5 Å². The van der Waals surface area contributed by atoms with E-state index in [-0.39, 0.29) is 5.54 Å². The molecule has 1 unspecified atom stereocenters. The molecule has 0 spiro atoms. The number of fused-ring (bicyclic) bond motifs is 8. The van der Waals surface area contributed by atoms with Crippen molar-refractivity contribution < 1.29 is 0 Å². The summed E-state index contributed by atoms with van der Waals surface area (Å²) in [7, 11) is 0. The normalized spacial score (nSPS) is 15.3. The van der Waals surface area contributed by atoms with E-state index in [1.807, 2.05) is 18.2 Å². The monoisotopic (exact) mass is 799 g/mol. The Balaban J connectivity index is 1.01. The van der Waals surface area contributed by atoms with E-state index in [9.17, 15) is 0 Å². The molecule has 5 nitrogen and oxygen atoms in total. The Kier molecular flexibility index (Phi) is 8.15. The third kappa shape index (κ3) is 5.90. The molecule has 1 atom stereocenters. The van der Waals surface area contributed by atoms with Gasteiger partial charge in [-0.15, -0.1) is 11.3 Å². The highest BCUT2D eigenvalue weighted by Crippen LogP contribution is 2.45. The Hall–Kier alpha value is -7.54. The maximum Gasteiger partial charge on any atom is 0.164 e. The van der Waals surface area contributed by atoms with Crippen LogP contribution in [0, 0.1) is 0 Å². The van der Waals surface area contributed by atoms with Gasteiger partial charge in [0, 0.05) is 65.8 Å². The smallest absolute Gasteiger partial charge is 0.164 e. The van der Waals surface area contributed by atoms with Crippen molar-refractivity contribution in [3.8, 4) is 45.2 Å². The van der Waals surface area contributed by atoms with Gasteiger partial charge in [-0.1, -0.05) is 164 Å². The molecule has 0 N–H and O–H groups in total. The number of hydrogen-bond acceptors (Lipinski definition) is 5. The van der Waals surface area contributed by atoms with Crippen LogP contribution in [0.1, 0.15) is 19.2 Å². The van der Waals surface area contributed by atoms with Crippen LogP contribution in [-0.2, 0) is 5.54 Å². The number of rotatable bonds is 6. The number of benzene rings is 7. The molecule has 1 aliphatic carbocycles. The van der Waals surface area contributed by atoms with Crippen LogP contribution >= 0.6 is 11.3 Å². The second kappa shape index (κ2) is 14.0. The standard InChI is InChI=1S/C55H37N5S/c1-55(60-46-26-11-8-23-41(46)42-24-9-12-27-47(42)60)31-15-22-40(34-55)54-58-52(36-18-6-3-7-19-36)57-53(59-54)39-21-14-20-38(32-39)50-51-49(44-25-10-13-28-48(44)61-51)43-30-29-37(33-45(43)56-50)35-16-4-2-5-17-35/h2-33H,34H2,1H3. The average molecular weight is 800 g/mol. The average Bonchev–Trinajstić information content (AvgIpc) is 3.89. The first-order chi connectivity index (χ1) is 30.1. The summed E-state index contributed by atoms with van der Waals surface area (Å²) >= 11 is 1.80. The van der Waals surface area contributed by atoms with E-state index in [1.165, 1.54) is 47.5 Å². The van der Waals surface area contributed by atoms with Crippen molar-refractivity contribution in [2.45, 2.75) is 18.9 Å². The van der Waals surface area contributed by atoms with Crippen LogP contribution in [0.4, 0.5) is 0 Å². The summed E-state index contributed by atoms with van der Waals surface area (Å²) in [6.45, 7) is 2.31. The van der Waals surface area contributed by atoms with Gasteiger partial charge in [-0.3, -0.25) is 0 Å². The van der Waals surface area contributed by atoms with Crippen LogP contribution in [0.15, 0.2) is 194 Å². The number of para-hydroxylation sites is 2. The predicted molar refractivity (Wildman–Crippen MR) is 255 cm³/mol. The molecule has 11 aromatic rings. The van der Waals surface area contributed by atoms with Crippen molar-refractivity contribution in [2.24, 2.45) is 0 Å². The molecule has 4 aromatic heterocycles. The van der Waals surface area contributed by atoms with Crippen LogP contribution in [0.2, 0.25) is 0 Å². The summed E-state index contributed by atoms with van der Waals surface area (Å²) in [6.07, 6.45) is 7.35. The SMILES string of the molecule is CC1(n2c3ccccc3c3ccccc32)C=CC=C(c2nc(-c3ccccc3)nc(-c3cccc(-c4nc5cc(-c6ccccc6)ccc5c5c4sc4ccccc45)c3)n2)C1. The van der Waals surface area contributed by atoms with E-state index < -0.39 is 0 Å². The van der Waals surface area contributed by atoms with Gasteiger partial charge in [0.2, 0.25) is 0 Å². The Labute approximate surface area is 356 Å². The molecule has 1 aliphatic rings. The fourth-order valence-electron chi connectivity index (χ4n) is 9.32. The van der Waals surface area contributed by atoms with E-state index in [4.69, 9.17) is 19.9 Å². The number of allylic oxidation sites excluding steroid dienone is 4.